The predicted octanol–water partition coefficient (Wildman–Crippen LogP) is 2.59. The van der Waals surface area contributed by atoms with Crippen LogP contribution < -0.4 is 21.1 Å². The molecule has 1 aromatic carbocycles. The zero-order valence-corrected chi connectivity index (χ0v) is 11.8. The molecule has 0 bridgehead atoms. The quantitative estimate of drug-likeness (QED) is 0.722. The Kier molecular flexibility index (Phi) is 3.20. The Balaban J connectivity index is 1.73. The van der Waals surface area contributed by atoms with Crippen LogP contribution in [-0.2, 0) is 4.79 Å². The van der Waals surface area contributed by atoms with Crippen molar-refractivity contribution in [3.05, 3.63) is 12.1 Å². The zero-order valence-electron chi connectivity index (χ0n) is 11.8. The molecule has 0 radical (unpaired) electrons. The summed E-state index contributed by atoms with van der Waals surface area (Å²) in [6.45, 7) is 3.22. The third-order valence-electron chi connectivity index (χ3n) is 4.18. The number of benzene rings is 1. The molecule has 0 aromatic heterocycles. The molecule has 5 nitrogen and oxygen atoms in total. The van der Waals surface area contributed by atoms with Gasteiger partial charge in [0, 0.05) is 12.6 Å². The number of carbonyl (C=O) groups is 1. The molecule has 4 N–H and O–H groups in total. The van der Waals surface area contributed by atoms with Crippen molar-refractivity contribution in [3.63, 3.8) is 0 Å². The van der Waals surface area contributed by atoms with Gasteiger partial charge < -0.3 is 21.1 Å². The van der Waals surface area contributed by atoms with E-state index in [4.69, 9.17) is 10.5 Å². The van der Waals surface area contributed by atoms with E-state index in [1.165, 1.54) is 25.7 Å². The van der Waals surface area contributed by atoms with Gasteiger partial charge in [0.2, 0.25) is 0 Å². The van der Waals surface area contributed by atoms with Gasteiger partial charge in [-0.3, -0.25) is 4.79 Å². The average molecular weight is 275 g/mol. The lowest BCUT2D eigenvalue weighted by molar-refractivity contribution is -0.118. The van der Waals surface area contributed by atoms with Crippen LogP contribution in [0, 0.1) is 5.41 Å². The minimum atomic E-state index is -0.127. The smallest absolute Gasteiger partial charge is 0.262 e. The first-order valence-electron chi connectivity index (χ1n) is 7.22. The Morgan fingerprint density at radius 3 is 2.95 bits per heavy atom. The number of fused-ring (bicyclic) bond motifs is 1. The zero-order chi connectivity index (χ0) is 14.2. The standard InChI is InChI=1S/C15H21N3O2/c1-2-3-15(4-5-15)9-17-11-7-12-13(6-10(11)16)20-8-14(19)18-12/h6-7,17H,2-5,8-9,16H2,1H3,(H,18,19). The number of anilines is 3. The topological polar surface area (TPSA) is 76.4 Å². The Hall–Kier alpha value is -1.91. The van der Waals surface area contributed by atoms with Crippen LogP contribution in [0.2, 0.25) is 0 Å². The maximum absolute atomic E-state index is 11.3. The molecular formula is C15H21N3O2. The second kappa shape index (κ2) is 4.89. The fourth-order valence-electron chi connectivity index (χ4n) is 2.80. The molecule has 0 unspecified atom stereocenters. The van der Waals surface area contributed by atoms with E-state index in [-0.39, 0.29) is 12.5 Å². The Labute approximate surface area is 118 Å². The van der Waals surface area contributed by atoms with Crippen molar-refractivity contribution in [3.8, 4) is 5.75 Å². The number of amides is 1. The summed E-state index contributed by atoms with van der Waals surface area (Å²) in [6.07, 6.45) is 5.05. The summed E-state index contributed by atoms with van der Waals surface area (Å²) >= 11 is 0. The van der Waals surface area contributed by atoms with Crippen LogP contribution in [0.4, 0.5) is 17.1 Å². The number of carbonyl (C=O) groups excluding carboxylic acids is 1. The summed E-state index contributed by atoms with van der Waals surface area (Å²) in [4.78, 5) is 11.3. The molecule has 1 aliphatic carbocycles. The predicted molar refractivity (Wildman–Crippen MR) is 80.0 cm³/mol. The van der Waals surface area contributed by atoms with Gasteiger partial charge in [-0.05, 0) is 30.7 Å². The molecular weight excluding hydrogens is 254 g/mol. The lowest BCUT2D eigenvalue weighted by atomic mass is 10.0. The molecule has 3 rings (SSSR count). The monoisotopic (exact) mass is 275 g/mol. The first kappa shape index (κ1) is 13.1. The highest BCUT2D eigenvalue weighted by molar-refractivity contribution is 5.97. The molecule has 1 heterocycles. The van der Waals surface area contributed by atoms with Crippen molar-refractivity contribution in [2.45, 2.75) is 32.6 Å². The van der Waals surface area contributed by atoms with Crippen LogP contribution in [0.1, 0.15) is 32.6 Å². The minimum Gasteiger partial charge on any atom is -0.482 e. The van der Waals surface area contributed by atoms with Crippen LogP contribution >= 0.6 is 0 Å². The van der Waals surface area contributed by atoms with Crippen molar-refractivity contribution in [2.24, 2.45) is 5.41 Å². The third-order valence-corrected chi connectivity index (χ3v) is 4.18. The minimum absolute atomic E-state index is 0.0544. The van der Waals surface area contributed by atoms with Gasteiger partial charge >= 0.3 is 0 Å². The van der Waals surface area contributed by atoms with Crippen LogP contribution in [0.3, 0.4) is 0 Å². The molecule has 1 saturated carbocycles. The van der Waals surface area contributed by atoms with Gasteiger partial charge in [0.15, 0.2) is 6.61 Å². The van der Waals surface area contributed by atoms with Gasteiger partial charge in [-0.2, -0.15) is 0 Å². The fourth-order valence-corrected chi connectivity index (χ4v) is 2.80. The molecule has 1 fully saturated rings. The highest BCUT2D eigenvalue weighted by Crippen LogP contribution is 2.49. The molecule has 20 heavy (non-hydrogen) atoms. The van der Waals surface area contributed by atoms with E-state index >= 15 is 0 Å². The molecule has 5 heteroatoms. The molecule has 1 aliphatic heterocycles. The summed E-state index contributed by atoms with van der Waals surface area (Å²) in [5, 5.41) is 6.24. The van der Waals surface area contributed by atoms with E-state index in [2.05, 4.69) is 17.6 Å². The van der Waals surface area contributed by atoms with Crippen LogP contribution in [0.15, 0.2) is 12.1 Å². The van der Waals surface area contributed by atoms with Crippen LogP contribution in [0.25, 0.3) is 0 Å². The molecule has 0 atom stereocenters. The summed E-state index contributed by atoms with van der Waals surface area (Å²) in [6, 6.07) is 3.64. The Morgan fingerprint density at radius 1 is 1.45 bits per heavy atom. The lowest BCUT2D eigenvalue weighted by Crippen LogP contribution is -2.25. The number of hydrogen-bond donors (Lipinski definition) is 3. The van der Waals surface area contributed by atoms with Crippen LogP contribution in [0.5, 0.6) is 5.75 Å². The van der Waals surface area contributed by atoms with Gasteiger partial charge in [-0.15, -0.1) is 0 Å². The first-order valence-corrected chi connectivity index (χ1v) is 7.22. The van der Waals surface area contributed by atoms with E-state index in [1.54, 1.807) is 6.07 Å². The van der Waals surface area contributed by atoms with Crippen molar-refractivity contribution in [1.82, 2.24) is 0 Å². The van der Waals surface area contributed by atoms with Crippen molar-refractivity contribution in [2.75, 3.05) is 29.5 Å². The van der Waals surface area contributed by atoms with Gasteiger partial charge in [-0.25, -0.2) is 0 Å². The van der Waals surface area contributed by atoms with Crippen LogP contribution in [-0.4, -0.2) is 19.1 Å². The summed E-state index contributed by atoms with van der Waals surface area (Å²) in [7, 11) is 0. The normalized spacial score (nSPS) is 18.8. The molecule has 1 amide bonds. The molecule has 0 spiro atoms. The van der Waals surface area contributed by atoms with Gasteiger partial charge in [0.05, 0.1) is 17.1 Å². The first-order chi connectivity index (χ1) is 9.62. The molecule has 108 valence electrons. The highest BCUT2D eigenvalue weighted by atomic mass is 16.5. The number of nitrogen functional groups attached to an aromatic ring is 1. The van der Waals surface area contributed by atoms with Gasteiger partial charge in [-0.1, -0.05) is 13.3 Å². The SMILES string of the molecule is CCCC1(CNc2cc3c(cc2N)OCC(=O)N3)CC1. The van der Waals surface area contributed by atoms with E-state index in [0.29, 0.717) is 22.5 Å². The van der Waals surface area contributed by atoms with E-state index < -0.39 is 0 Å². The van der Waals surface area contributed by atoms with Gasteiger partial charge in [0.1, 0.15) is 5.75 Å². The number of nitrogens with two attached hydrogens (primary N) is 1. The number of rotatable bonds is 5. The molecule has 1 aromatic rings. The lowest BCUT2D eigenvalue weighted by Gasteiger charge is -2.22. The summed E-state index contributed by atoms with van der Waals surface area (Å²) in [5.41, 5.74) is 8.73. The average Bonchev–Trinajstić information content (AvgIpc) is 3.17. The van der Waals surface area contributed by atoms with Crippen molar-refractivity contribution < 1.29 is 9.53 Å². The summed E-state index contributed by atoms with van der Waals surface area (Å²) < 4.78 is 5.35. The second-order valence-corrected chi connectivity index (χ2v) is 5.88. The van der Waals surface area contributed by atoms with E-state index in [1.807, 2.05) is 6.07 Å². The molecule has 0 saturated heterocycles. The fraction of sp³-hybridized carbons (Fsp3) is 0.533. The second-order valence-electron chi connectivity index (χ2n) is 5.88. The summed E-state index contributed by atoms with van der Waals surface area (Å²) in [5.74, 6) is 0.514. The maximum Gasteiger partial charge on any atom is 0.262 e. The molecule has 2 aliphatic rings. The number of ether oxygens (including phenoxy) is 1. The van der Waals surface area contributed by atoms with E-state index in [9.17, 15) is 4.79 Å². The number of nitrogens with one attached hydrogen (secondary N) is 2. The van der Waals surface area contributed by atoms with E-state index in [0.717, 1.165) is 12.2 Å². The Morgan fingerprint density at radius 2 is 2.25 bits per heavy atom. The highest BCUT2D eigenvalue weighted by Gasteiger charge is 2.41. The maximum atomic E-state index is 11.3. The largest absolute Gasteiger partial charge is 0.482 e. The number of hydrogen-bond acceptors (Lipinski definition) is 4. The van der Waals surface area contributed by atoms with Crippen molar-refractivity contribution >= 4 is 23.0 Å². The van der Waals surface area contributed by atoms with Crippen molar-refractivity contribution in [1.29, 1.82) is 0 Å². The Bertz CT molecular complexity index is 538. The van der Waals surface area contributed by atoms with Gasteiger partial charge in [0.25, 0.3) is 5.91 Å². The third kappa shape index (κ3) is 2.53.